The van der Waals surface area contributed by atoms with Gasteiger partial charge in [-0.2, -0.15) is 0 Å². The number of hydrogen-bond acceptors (Lipinski definition) is 3. The molecule has 1 heterocycles. The lowest BCUT2D eigenvalue weighted by molar-refractivity contribution is -0.277. The molecule has 0 spiro atoms. The molecule has 27 heavy (non-hydrogen) atoms. The van der Waals surface area contributed by atoms with Gasteiger partial charge in [0.15, 0.2) is 0 Å². The van der Waals surface area contributed by atoms with Gasteiger partial charge in [-0.15, -0.1) is 11.3 Å². The number of thiazole rings is 1. The van der Waals surface area contributed by atoms with Crippen LogP contribution in [0.25, 0.3) is 0 Å². The Morgan fingerprint density at radius 3 is 1.41 bits per heavy atom. The van der Waals surface area contributed by atoms with E-state index in [1.807, 2.05) is 6.20 Å². The monoisotopic (exact) mass is 383 g/mol. The van der Waals surface area contributed by atoms with Gasteiger partial charge in [-0.25, -0.2) is 4.98 Å². The molecule has 8 aliphatic rings. The van der Waals surface area contributed by atoms with Gasteiger partial charge in [0, 0.05) is 22.4 Å². The van der Waals surface area contributed by atoms with Crippen molar-refractivity contribution < 1.29 is 5.11 Å². The fourth-order valence-corrected chi connectivity index (χ4v) is 11.5. The molecule has 1 aromatic rings. The van der Waals surface area contributed by atoms with E-state index in [1.54, 1.807) is 11.3 Å². The van der Waals surface area contributed by atoms with Crippen LogP contribution in [-0.2, 0) is 5.60 Å². The SMILES string of the molecule is OC(c1nccs1)(C12CC3CC(CC(C3)C1)C2)C12CC3CC(CC(C3)C1)C2. The lowest BCUT2D eigenvalue weighted by Gasteiger charge is -2.70. The van der Waals surface area contributed by atoms with Crippen molar-refractivity contribution in [1.29, 1.82) is 0 Å². The zero-order chi connectivity index (χ0) is 17.9. The van der Waals surface area contributed by atoms with E-state index >= 15 is 0 Å². The predicted octanol–water partition coefficient (Wildman–Crippen LogP) is 5.76. The molecule has 8 bridgehead atoms. The summed E-state index contributed by atoms with van der Waals surface area (Å²) >= 11 is 1.77. The number of rotatable bonds is 3. The van der Waals surface area contributed by atoms with Crippen molar-refractivity contribution >= 4 is 11.3 Å². The normalized spacial score (nSPS) is 54.4. The van der Waals surface area contributed by atoms with Gasteiger partial charge >= 0.3 is 0 Å². The van der Waals surface area contributed by atoms with E-state index in [0.29, 0.717) is 0 Å². The van der Waals surface area contributed by atoms with E-state index in [4.69, 9.17) is 4.98 Å². The Hall–Kier alpha value is -0.410. The van der Waals surface area contributed by atoms with Gasteiger partial charge in [0.05, 0.1) is 0 Å². The molecule has 0 aliphatic heterocycles. The van der Waals surface area contributed by atoms with Crippen LogP contribution in [0.3, 0.4) is 0 Å². The van der Waals surface area contributed by atoms with Crippen molar-refractivity contribution in [2.24, 2.45) is 46.3 Å². The molecule has 0 saturated heterocycles. The average molecular weight is 384 g/mol. The molecule has 0 amide bonds. The summed E-state index contributed by atoms with van der Waals surface area (Å²) < 4.78 is 0. The fourth-order valence-electron chi connectivity index (χ4n) is 10.5. The van der Waals surface area contributed by atoms with Crippen LogP contribution in [0.2, 0.25) is 0 Å². The van der Waals surface area contributed by atoms with Gasteiger partial charge in [-0.05, 0) is 113 Å². The minimum atomic E-state index is -0.653. The van der Waals surface area contributed by atoms with Crippen molar-refractivity contribution in [2.45, 2.75) is 82.7 Å². The first-order chi connectivity index (χ1) is 13.1. The highest BCUT2D eigenvalue weighted by Crippen LogP contribution is 2.75. The van der Waals surface area contributed by atoms with Crippen LogP contribution in [0.5, 0.6) is 0 Å². The molecule has 146 valence electrons. The number of aliphatic hydroxyl groups is 1. The average Bonchev–Trinajstić information content (AvgIpc) is 3.13. The molecule has 1 N–H and O–H groups in total. The first-order valence-electron chi connectivity index (χ1n) is 11.7. The second-order valence-electron chi connectivity index (χ2n) is 11.9. The minimum Gasteiger partial charge on any atom is -0.381 e. The van der Waals surface area contributed by atoms with Gasteiger partial charge in [0.2, 0.25) is 0 Å². The van der Waals surface area contributed by atoms with Crippen LogP contribution in [0.15, 0.2) is 11.6 Å². The summed E-state index contributed by atoms with van der Waals surface area (Å²) in [5, 5.41) is 16.3. The molecule has 0 radical (unpaired) electrons. The zero-order valence-corrected chi connectivity index (χ0v) is 17.2. The molecular weight excluding hydrogens is 350 g/mol. The highest BCUT2D eigenvalue weighted by molar-refractivity contribution is 7.09. The quantitative estimate of drug-likeness (QED) is 0.719. The Morgan fingerprint density at radius 1 is 0.741 bits per heavy atom. The highest BCUT2D eigenvalue weighted by atomic mass is 32.1. The Bertz CT molecular complexity index is 638. The maximum absolute atomic E-state index is 13.0. The Kier molecular flexibility index (Phi) is 3.15. The Balaban J connectivity index is 1.41. The molecule has 9 rings (SSSR count). The molecule has 8 saturated carbocycles. The molecule has 8 aliphatic carbocycles. The molecule has 2 nitrogen and oxygen atoms in total. The van der Waals surface area contributed by atoms with Crippen molar-refractivity contribution in [3.05, 3.63) is 16.6 Å². The van der Waals surface area contributed by atoms with Crippen LogP contribution in [-0.4, -0.2) is 10.1 Å². The summed E-state index contributed by atoms with van der Waals surface area (Å²) in [6, 6.07) is 0. The van der Waals surface area contributed by atoms with Crippen molar-refractivity contribution in [1.82, 2.24) is 4.98 Å². The maximum atomic E-state index is 13.0. The summed E-state index contributed by atoms with van der Waals surface area (Å²) in [6.07, 6.45) is 18.4. The third kappa shape index (κ3) is 1.99. The van der Waals surface area contributed by atoms with Gasteiger partial charge < -0.3 is 5.11 Å². The first kappa shape index (κ1) is 16.4. The van der Waals surface area contributed by atoms with Crippen molar-refractivity contribution in [3.8, 4) is 0 Å². The van der Waals surface area contributed by atoms with Crippen LogP contribution in [0, 0.1) is 46.3 Å². The number of hydrogen-bond donors (Lipinski definition) is 1. The highest BCUT2D eigenvalue weighted by Gasteiger charge is 2.71. The molecule has 0 aromatic carbocycles. The van der Waals surface area contributed by atoms with Crippen LogP contribution in [0.4, 0.5) is 0 Å². The zero-order valence-electron chi connectivity index (χ0n) is 16.4. The number of aromatic nitrogens is 1. The lowest BCUT2D eigenvalue weighted by atomic mass is 9.36. The lowest BCUT2D eigenvalue weighted by Crippen LogP contribution is -2.66. The maximum Gasteiger partial charge on any atom is 0.127 e. The van der Waals surface area contributed by atoms with E-state index in [0.717, 1.165) is 40.5 Å². The standard InChI is InChI=1S/C24H33NOS/c26-24(21-25-1-2-27-21,22-9-15-3-16(10-22)5-17(4-15)11-22)23-12-18-6-19(13-23)8-20(7-18)14-23/h1-2,15-20,26H,3-14H2. The topological polar surface area (TPSA) is 33.1 Å². The van der Waals surface area contributed by atoms with E-state index in [2.05, 4.69) is 5.38 Å². The fraction of sp³-hybridized carbons (Fsp3) is 0.875. The van der Waals surface area contributed by atoms with E-state index in [9.17, 15) is 5.11 Å². The second-order valence-corrected chi connectivity index (χ2v) is 12.8. The molecule has 8 fully saturated rings. The summed E-state index contributed by atoms with van der Waals surface area (Å²) in [5.74, 6) is 5.31. The summed E-state index contributed by atoms with van der Waals surface area (Å²) in [6.45, 7) is 0. The van der Waals surface area contributed by atoms with Gasteiger partial charge in [0.1, 0.15) is 10.6 Å². The summed E-state index contributed by atoms with van der Waals surface area (Å²) in [5.41, 5.74) is -0.392. The molecule has 0 unspecified atom stereocenters. The third-order valence-electron chi connectivity index (χ3n) is 10.4. The third-order valence-corrected chi connectivity index (χ3v) is 11.2. The molecule has 1 aromatic heterocycles. The van der Waals surface area contributed by atoms with Crippen LogP contribution >= 0.6 is 11.3 Å². The Labute approximate surface area is 167 Å². The molecule has 0 atom stereocenters. The predicted molar refractivity (Wildman–Crippen MR) is 107 cm³/mol. The van der Waals surface area contributed by atoms with E-state index in [-0.39, 0.29) is 10.8 Å². The van der Waals surface area contributed by atoms with E-state index < -0.39 is 5.60 Å². The van der Waals surface area contributed by atoms with E-state index in [1.165, 1.54) is 77.0 Å². The summed E-state index contributed by atoms with van der Waals surface area (Å²) in [4.78, 5) is 4.87. The van der Waals surface area contributed by atoms with Crippen molar-refractivity contribution in [3.63, 3.8) is 0 Å². The molecule has 3 heteroatoms. The van der Waals surface area contributed by atoms with Gasteiger partial charge in [0.25, 0.3) is 0 Å². The second kappa shape index (κ2) is 5.19. The minimum absolute atomic E-state index is 0.130. The van der Waals surface area contributed by atoms with Gasteiger partial charge in [-0.3, -0.25) is 0 Å². The summed E-state index contributed by atoms with van der Waals surface area (Å²) in [7, 11) is 0. The molecular formula is C24H33NOS. The largest absolute Gasteiger partial charge is 0.381 e. The first-order valence-corrected chi connectivity index (χ1v) is 12.6. The number of nitrogens with zero attached hydrogens (tertiary/aromatic N) is 1. The Morgan fingerprint density at radius 2 is 1.11 bits per heavy atom. The smallest absolute Gasteiger partial charge is 0.127 e. The van der Waals surface area contributed by atoms with Gasteiger partial charge in [-0.1, -0.05) is 0 Å². The van der Waals surface area contributed by atoms with Crippen molar-refractivity contribution in [2.75, 3.05) is 0 Å². The van der Waals surface area contributed by atoms with Crippen LogP contribution < -0.4 is 0 Å². The van der Waals surface area contributed by atoms with Crippen LogP contribution in [0.1, 0.15) is 82.1 Å².